The molecule has 0 aliphatic heterocycles. The van der Waals surface area contributed by atoms with E-state index in [9.17, 15) is 10.2 Å². The first-order valence-electron chi connectivity index (χ1n) is 3.91. The molecule has 0 aromatic rings. The molecule has 66 valence electrons. The van der Waals surface area contributed by atoms with E-state index in [2.05, 4.69) is 0 Å². The lowest BCUT2D eigenvalue weighted by Crippen LogP contribution is -2.36. The minimum atomic E-state index is -0.995. The van der Waals surface area contributed by atoms with Crippen molar-refractivity contribution < 1.29 is 10.2 Å². The van der Waals surface area contributed by atoms with Crippen LogP contribution in [0, 0.1) is 11.3 Å². The summed E-state index contributed by atoms with van der Waals surface area (Å²) in [4.78, 5) is 0. The molecule has 0 spiro atoms. The molecule has 0 fully saturated rings. The summed E-state index contributed by atoms with van der Waals surface area (Å²) in [6.45, 7) is 5.30. The van der Waals surface area contributed by atoms with E-state index in [1.165, 1.54) is 6.92 Å². The summed E-state index contributed by atoms with van der Waals surface area (Å²) < 4.78 is 0. The Morgan fingerprint density at radius 3 is 2.18 bits per heavy atom. The Hall–Kier alpha value is -0.410. The van der Waals surface area contributed by atoms with Crippen molar-refractivity contribution >= 4 is 5.71 Å². The van der Waals surface area contributed by atoms with E-state index in [1.54, 1.807) is 0 Å². The maximum Gasteiger partial charge on any atom is 0.117 e. The Bertz CT molecular complexity index is 136. The summed E-state index contributed by atoms with van der Waals surface area (Å²) in [7, 11) is 0. The van der Waals surface area contributed by atoms with Crippen molar-refractivity contribution in [2.24, 2.45) is 5.92 Å². The Labute approximate surface area is 67.6 Å². The highest BCUT2D eigenvalue weighted by molar-refractivity contribution is 5.83. The molecule has 0 saturated carbocycles. The molecule has 2 unspecified atom stereocenters. The van der Waals surface area contributed by atoms with Gasteiger partial charge in [0.2, 0.25) is 0 Å². The minimum absolute atomic E-state index is 0.0466. The van der Waals surface area contributed by atoms with Gasteiger partial charge in [-0.05, 0) is 12.8 Å². The topological polar surface area (TPSA) is 64.3 Å². The molecule has 3 nitrogen and oxygen atoms in total. The molecule has 0 aromatic carbocycles. The third kappa shape index (κ3) is 2.99. The normalized spacial score (nSPS) is 19.0. The summed E-state index contributed by atoms with van der Waals surface area (Å²) in [6.07, 6.45) is -0.978. The maximum atomic E-state index is 9.37. The molecular weight excluding hydrogens is 142 g/mol. The smallest absolute Gasteiger partial charge is 0.117 e. The molecule has 0 bridgehead atoms. The first-order valence-corrected chi connectivity index (χ1v) is 3.91. The van der Waals surface area contributed by atoms with E-state index < -0.39 is 12.2 Å². The molecular formula is C8H17NO2. The molecule has 0 rings (SSSR count). The van der Waals surface area contributed by atoms with Crippen LogP contribution in [0.25, 0.3) is 0 Å². The molecule has 0 amide bonds. The lowest BCUT2D eigenvalue weighted by Gasteiger charge is -2.21. The number of rotatable bonds is 4. The van der Waals surface area contributed by atoms with Gasteiger partial charge in [0.25, 0.3) is 0 Å². The predicted molar refractivity (Wildman–Crippen MR) is 44.9 cm³/mol. The number of aliphatic hydroxyl groups excluding tert-OH is 2. The zero-order valence-electron chi connectivity index (χ0n) is 7.33. The van der Waals surface area contributed by atoms with E-state index in [0.29, 0.717) is 0 Å². The van der Waals surface area contributed by atoms with Gasteiger partial charge in [0.1, 0.15) is 6.10 Å². The zero-order chi connectivity index (χ0) is 9.02. The fourth-order valence-corrected chi connectivity index (χ4v) is 0.809. The van der Waals surface area contributed by atoms with Crippen molar-refractivity contribution in [1.82, 2.24) is 0 Å². The third-order valence-corrected chi connectivity index (χ3v) is 1.99. The van der Waals surface area contributed by atoms with Gasteiger partial charge in [-0.2, -0.15) is 0 Å². The minimum Gasteiger partial charge on any atom is -0.390 e. The quantitative estimate of drug-likeness (QED) is 0.531. The summed E-state index contributed by atoms with van der Waals surface area (Å²) >= 11 is 0. The van der Waals surface area contributed by atoms with Gasteiger partial charge in [-0.25, -0.2) is 0 Å². The standard InChI is InChI=1S/C8H17NO2/c1-4-5(2)7(10)8(11)6(3)9/h5,7-11H,4H2,1-3H3/t5?,7?,8-/m1/s1. The average Bonchev–Trinajstić information content (AvgIpc) is 2.00. The van der Waals surface area contributed by atoms with Crippen molar-refractivity contribution in [2.75, 3.05) is 0 Å². The van der Waals surface area contributed by atoms with Crippen molar-refractivity contribution in [1.29, 1.82) is 5.41 Å². The fraction of sp³-hybridized carbons (Fsp3) is 0.875. The van der Waals surface area contributed by atoms with Gasteiger partial charge in [0.15, 0.2) is 0 Å². The monoisotopic (exact) mass is 159 g/mol. The number of nitrogens with one attached hydrogen (secondary N) is 1. The third-order valence-electron chi connectivity index (χ3n) is 1.99. The highest BCUT2D eigenvalue weighted by Gasteiger charge is 2.22. The van der Waals surface area contributed by atoms with Crippen molar-refractivity contribution in [3.8, 4) is 0 Å². The molecule has 3 atom stereocenters. The largest absolute Gasteiger partial charge is 0.390 e. The molecule has 0 heterocycles. The van der Waals surface area contributed by atoms with Crippen LogP contribution in [0.1, 0.15) is 27.2 Å². The molecule has 3 N–H and O–H groups in total. The van der Waals surface area contributed by atoms with Gasteiger partial charge in [0, 0.05) is 5.71 Å². The molecule has 0 aliphatic carbocycles. The highest BCUT2D eigenvalue weighted by Crippen LogP contribution is 2.11. The first-order chi connectivity index (χ1) is 5.00. The Kier molecular flexibility index (Phi) is 4.30. The van der Waals surface area contributed by atoms with Crippen LogP contribution in [0.2, 0.25) is 0 Å². The van der Waals surface area contributed by atoms with Crippen LogP contribution in [0.3, 0.4) is 0 Å². The molecule has 0 saturated heterocycles. The average molecular weight is 159 g/mol. The van der Waals surface area contributed by atoms with E-state index in [4.69, 9.17) is 5.41 Å². The van der Waals surface area contributed by atoms with Crippen LogP contribution in [-0.4, -0.2) is 28.1 Å². The molecule has 3 heteroatoms. The second-order valence-electron chi connectivity index (χ2n) is 3.00. The Balaban J connectivity index is 4.00. The number of aliphatic hydroxyl groups is 2. The van der Waals surface area contributed by atoms with E-state index in [-0.39, 0.29) is 11.6 Å². The highest BCUT2D eigenvalue weighted by atomic mass is 16.3. The van der Waals surface area contributed by atoms with E-state index in [0.717, 1.165) is 6.42 Å². The lowest BCUT2D eigenvalue weighted by molar-refractivity contribution is 0.0213. The first kappa shape index (κ1) is 10.6. The van der Waals surface area contributed by atoms with Crippen LogP contribution in [-0.2, 0) is 0 Å². The van der Waals surface area contributed by atoms with E-state index >= 15 is 0 Å². The van der Waals surface area contributed by atoms with Gasteiger partial charge in [0.05, 0.1) is 6.10 Å². The van der Waals surface area contributed by atoms with Crippen LogP contribution in [0.15, 0.2) is 0 Å². The predicted octanol–water partition coefficient (Wildman–Crippen LogP) is 0.794. The van der Waals surface area contributed by atoms with Crippen molar-refractivity contribution in [2.45, 2.75) is 39.4 Å². The Morgan fingerprint density at radius 1 is 1.45 bits per heavy atom. The summed E-state index contributed by atoms with van der Waals surface area (Å²) in [5.41, 5.74) is 0.123. The van der Waals surface area contributed by atoms with Crippen LogP contribution >= 0.6 is 0 Å². The second kappa shape index (κ2) is 4.46. The summed E-state index contributed by atoms with van der Waals surface area (Å²) in [5, 5.41) is 25.7. The molecule has 0 aromatic heterocycles. The van der Waals surface area contributed by atoms with Crippen molar-refractivity contribution in [3.05, 3.63) is 0 Å². The summed E-state index contributed by atoms with van der Waals surface area (Å²) in [5.74, 6) is 0.0466. The summed E-state index contributed by atoms with van der Waals surface area (Å²) in [6, 6.07) is 0. The molecule has 0 aliphatic rings. The fourth-order valence-electron chi connectivity index (χ4n) is 0.809. The van der Waals surface area contributed by atoms with Gasteiger partial charge >= 0.3 is 0 Å². The van der Waals surface area contributed by atoms with Gasteiger partial charge in [-0.1, -0.05) is 20.3 Å². The molecule has 11 heavy (non-hydrogen) atoms. The number of hydrogen-bond donors (Lipinski definition) is 3. The SMILES string of the molecule is CCC(C)C(O)[C@H](O)C(C)=N. The van der Waals surface area contributed by atoms with Crippen LogP contribution in [0.4, 0.5) is 0 Å². The number of hydrogen-bond acceptors (Lipinski definition) is 3. The maximum absolute atomic E-state index is 9.37. The Morgan fingerprint density at radius 2 is 1.91 bits per heavy atom. The second-order valence-corrected chi connectivity index (χ2v) is 3.00. The van der Waals surface area contributed by atoms with Gasteiger partial charge in [-0.3, -0.25) is 0 Å². The van der Waals surface area contributed by atoms with Crippen molar-refractivity contribution in [3.63, 3.8) is 0 Å². The van der Waals surface area contributed by atoms with E-state index in [1.807, 2.05) is 13.8 Å². The molecule has 0 radical (unpaired) electrons. The van der Waals surface area contributed by atoms with Crippen LogP contribution < -0.4 is 0 Å². The van der Waals surface area contributed by atoms with Gasteiger partial charge in [-0.15, -0.1) is 0 Å². The lowest BCUT2D eigenvalue weighted by atomic mass is 9.95. The zero-order valence-corrected chi connectivity index (χ0v) is 7.33. The van der Waals surface area contributed by atoms with Gasteiger partial charge < -0.3 is 15.6 Å². The van der Waals surface area contributed by atoms with Crippen LogP contribution in [0.5, 0.6) is 0 Å².